The Morgan fingerprint density at radius 1 is 1.06 bits per heavy atom. The Hall–Kier alpha value is -3.03. The number of ether oxygens (including phenoxy) is 1. The Bertz CT molecular complexity index is 1040. The fraction of sp³-hybridized carbons (Fsp3) is 0.522. The average Bonchev–Trinajstić information content (AvgIpc) is 2.74. The standard InChI is InChI=1S/C23H32N4O4/c1-6-31-22(30)27-13-11-26(12-14-27)19-18(20(28)25(5)21(29)24-19)15-16-7-9-17(10-8-16)23(2,3)4/h7-10H,6,11-15H2,1-5H3,(H,24,29). The fourth-order valence-electron chi connectivity index (χ4n) is 3.74. The molecular formula is C23H32N4O4. The topological polar surface area (TPSA) is 87.6 Å². The third-order valence-electron chi connectivity index (χ3n) is 5.70. The second-order valence-electron chi connectivity index (χ2n) is 8.92. The average molecular weight is 429 g/mol. The summed E-state index contributed by atoms with van der Waals surface area (Å²) < 4.78 is 6.18. The minimum atomic E-state index is -0.445. The normalized spacial score (nSPS) is 14.6. The van der Waals surface area contributed by atoms with Gasteiger partial charge in [0.1, 0.15) is 5.82 Å². The van der Waals surface area contributed by atoms with E-state index in [-0.39, 0.29) is 17.1 Å². The number of benzene rings is 1. The molecule has 2 aromatic rings. The number of H-pyrrole nitrogens is 1. The largest absolute Gasteiger partial charge is 0.450 e. The molecule has 31 heavy (non-hydrogen) atoms. The highest BCUT2D eigenvalue weighted by Gasteiger charge is 2.25. The minimum absolute atomic E-state index is 0.0520. The second-order valence-corrected chi connectivity index (χ2v) is 8.92. The summed E-state index contributed by atoms with van der Waals surface area (Å²) in [6.07, 6.45) is 0.0835. The van der Waals surface area contributed by atoms with Crippen LogP contribution in [0.2, 0.25) is 0 Å². The zero-order valence-electron chi connectivity index (χ0n) is 19.0. The number of aromatic amines is 1. The van der Waals surface area contributed by atoms with Crippen molar-refractivity contribution in [3.05, 3.63) is 61.8 Å². The number of rotatable bonds is 4. The first kappa shape index (κ1) is 22.7. The summed E-state index contributed by atoms with van der Waals surface area (Å²) in [5, 5.41) is 0. The lowest BCUT2D eigenvalue weighted by Gasteiger charge is -2.35. The Morgan fingerprint density at radius 2 is 1.68 bits per heavy atom. The van der Waals surface area contributed by atoms with Crippen LogP contribution >= 0.6 is 0 Å². The van der Waals surface area contributed by atoms with Crippen molar-refractivity contribution in [1.82, 2.24) is 14.5 Å². The van der Waals surface area contributed by atoms with E-state index < -0.39 is 5.69 Å². The molecule has 1 aliphatic heterocycles. The van der Waals surface area contributed by atoms with Gasteiger partial charge in [-0.15, -0.1) is 0 Å². The second kappa shape index (κ2) is 8.99. The fourth-order valence-corrected chi connectivity index (χ4v) is 3.74. The van der Waals surface area contributed by atoms with Crippen molar-refractivity contribution in [1.29, 1.82) is 0 Å². The molecule has 0 spiro atoms. The number of carbonyl (C=O) groups excluding carboxylic acids is 1. The van der Waals surface area contributed by atoms with Gasteiger partial charge in [0.05, 0.1) is 12.2 Å². The highest BCUT2D eigenvalue weighted by molar-refractivity contribution is 5.68. The van der Waals surface area contributed by atoms with Crippen LogP contribution in [0, 0.1) is 0 Å². The van der Waals surface area contributed by atoms with E-state index in [4.69, 9.17) is 4.74 Å². The van der Waals surface area contributed by atoms with Gasteiger partial charge in [0.15, 0.2) is 0 Å². The maximum atomic E-state index is 13.0. The summed E-state index contributed by atoms with van der Waals surface area (Å²) in [5.74, 6) is 0.538. The van der Waals surface area contributed by atoms with Crippen LogP contribution in [0.25, 0.3) is 0 Å². The number of aromatic nitrogens is 2. The van der Waals surface area contributed by atoms with E-state index in [1.54, 1.807) is 11.8 Å². The summed E-state index contributed by atoms with van der Waals surface area (Å²) >= 11 is 0. The van der Waals surface area contributed by atoms with Crippen molar-refractivity contribution < 1.29 is 9.53 Å². The zero-order valence-corrected chi connectivity index (χ0v) is 19.0. The smallest absolute Gasteiger partial charge is 0.409 e. The molecule has 1 N–H and O–H groups in total. The number of hydrogen-bond donors (Lipinski definition) is 1. The molecule has 2 heterocycles. The molecule has 0 unspecified atom stereocenters. The van der Waals surface area contributed by atoms with Crippen LogP contribution in [0.5, 0.6) is 0 Å². The van der Waals surface area contributed by atoms with Crippen LogP contribution < -0.4 is 16.1 Å². The Kier molecular flexibility index (Phi) is 6.57. The number of anilines is 1. The maximum absolute atomic E-state index is 13.0. The van der Waals surface area contributed by atoms with Crippen molar-refractivity contribution in [2.45, 2.75) is 39.5 Å². The molecule has 1 fully saturated rings. The Balaban J connectivity index is 1.88. The Morgan fingerprint density at radius 3 is 2.23 bits per heavy atom. The molecule has 168 valence electrons. The van der Waals surface area contributed by atoms with E-state index in [1.165, 1.54) is 12.6 Å². The molecule has 1 aromatic heterocycles. The lowest BCUT2D eigenvalue weighted by atomic mass is 9.86. The van der Waals surface area contributed by atoms with Crippen LogP contribution in [0.1, 0.15) is 44.4 Å². The van der Waals surface area contributed by atoms with Gasteiger partial charge in [-0.1, -0.05) is 45.0 Å². The predicted octanol–water partition coefficient (Wildman–Crippen LogP) is 2.24. The molecule has 0 aliphatic carbocycles. The van der Waals surface area contributed by atoms with Gasteiger partial charge in [-0.3, -0.25) is 14.3 Å². The summed E-state index contributed by atoms with van der Waals surface area (Å²) in [5.41, 5.74) is 2.09. The van der Waals surface area contributed by atoms with Gasteiger partial charge in [0.25, 0.3) is 5.56 Å². The minimum Gasteiger partial charge on any atom is -0.450 e. The first-order valence-electron chi connectivity index (χ1n) is 10.7. The Labute approximate surface area is 182 Å². The number of amides is 1. The first-order chi connectivity index (χ1) is 14.6. The van der Waals surface area contributed by atoms with Gasteiger partial charge >= 0.3 is 11.8 Å². The van der Waals surface area contributed by atoms with Crippen molar-refractivity contribution in [2.24, 2.45) is 7.05 Å². The first-order valence-corrected chi connectivity index (χ1v) is 10.7. The lowest BCUT2D eigenvalue weighted by molar-refractivity contribution is 0.105. The number of hydrogen-bond acceptors (Lipinski definition) is 5. The van der Waals surface area contributed by atoms with Crippen LogP contribution in [-0.4, -0.2) is 53.3 Å². The molecule has 0 saturated carbocycles. The van der Waals surface area contributed by atoms with Gasteiger partial charge in [-0.25, -0.2) is 9.59 Å². The maximum Gasteiger partial charge on any atom is 0.409 e. The van der Waals surface area contributed by atoms with Gasteiger partial charge in [0, 0.05) is 39.6 Å². The van der Waals surface area contributed by atoms with E-state index in [9.17, 15) is 14.4 Å². The van der Waals surface area contributed by atoms with Crippen LogP contribution in [-0.2, 0) is 23.6 Å². The summed E-state index contributed by atoms with van der Waals surface area (Å²) in [7, 11) is 1.48. The third kappa shape index (κ3) is 5.00. The van der Waals surface area contributed by atoms with Crippen LogP contribution in [0.3, 0.4) is 0 Å². The van der Waals surface area contributed by atoms with Gasteiger partial charge in [-0.05, 0) is 23.5 Å². The van der Waals surface area contributed by atoms with E-state index in [2.05, 4.69) is 37.9 Å². The number of nitrogens with zero attached hydrogens (tertiary/aromatic N) is 3. The molecule has 1 aromatic carbocycles. The van der Waals surface area contributed by atoms with E-state index in [0.717, 1.165) is 10.1 Å². The summed E-state index contributed by atoms with van der Waals surface area (Å²) in [4.78, 5) is 43.8. The number of piperazine rings is 1. The molecule has 3 rings (SSSR count). The van der Waals surface area contributed by atoms with Gasteiger partial charge < -0.3 is 14.5 Å². The quantitative estimate of drug-likeness (QED) is 0.807. The lowest BCUT2D eigenvalue weighted by Crippen LogP contribution is -2.50. The summed E-state index contributed by atoms with van der Waals surface area (Å²) in [6.45, 7) is 10.6. The number of nitrogens with one attached hydrogen (secondary N) is 1. The van der Waals surface area contributed by atoms with Crippen molar-refractivity contribution in [3.8, 4) is 0 Å². The van der Waals surface area contributed by atoms with E-state index in [0.29, 0.717) is 50.6 Å². The summed E-state index contributed by atoms with van der Waals surface area (Å²) in [6, 6.07) is 8.24. The van der Waals surface area contributed by atoms with Crippen LogP contribution in [0.15, 0.2) is 33.9 Å². The molecule has 0 radical (unpaired) electrons. The highest BCUT2D eigenvalue weighted by Crippen LogP contribution is 2.24. The van der Waals surface area contributed by atoms with Gasteiger partial charge in [-0.2, -0.15) is 0 Å². The molecule has 1 saturated heterocycles. The molecule has 8 nitrogen and oxygen atoms in total. The number of carbonyl (C=O) groups is 1. The monoisotopic (exact) mass is 428 g/mol. The molecule has 0 atom stereocenters. The SMILES string of the molecule is CCOC(=O)N1CCN(c2[nH]c(=O)n(C)c(=O)c2Cc2ccc(C(C)(C)C)cc2)CC1. The third-order valence-corrected chi connectivity index (χ3v) is 5.70. The molecule has 0 bridgehead atoms. The van der Waals surface area contributed by atoms with Crippen molar-refractivity contribution in [2.75, 3.05) is 37.7 Å². The molecule has 8 heteroatoms. The van der Waals surface area contributed by atoms with Crippen molar-refractivity contribution in [3.63, 3.8) is 0 Å². The predicted molar refractivity (Wildman–Crippen MR) is 121 cm³/mol. The van der Waals surface area contributed by atoms with Crippen molar-refractivity contribution >= 4 is 11.9 Å². The zero-order chi connectivity index (χ0) is 22.8. The van der Waals surface area contributed by atoms with E-state index in [1.807, 2.05) is 17.0 Å². The van der Waals surface area contributed by atoms with Crippen LogP contribution in [0.4, 0.5) is 10.6 Å². The highest BCUT2D eigenvalue weighted by atomic mass is 16.6. The molecule has 1 aliphatic rings. The molecular weight excluding hydrogens is 396 g/mol. The van der Waals surface area contributed by atoms with Gasteiger partial charge in [0.2, 0.25) is 0 Å². The molecule has 1 amide bonds. The van der Waals surface area contributed by atoms with E-state index >= 15 is 0 Å².